The maximum absolute atomic E-state index is 8.52. The summed E-state index contributed by atoms with van der Waals surface area (Å²) in [6.45, 7) is 0. The monoisotopic (exact) mass is 170 g/mol. The Bertz CT molecular complexity index is 91.7. The van der Waals surface area contributed by atoms with Gasteiger partial charge in [-0.05, 0) is 0 Å². The van der Waals surface area contributed by atoms with Gasteiger partial charge in [0.05, 0.1) is 0 Å². The third-order valence-corrected chi connectivity index (χ3v) is 0. The van der Waals surface area contributed by atoms with Gasteiger partial charge >= 0.3 is 37.7 Å². The van der Waals surface area contributed by atoms with Crippen LogP contribution in [0.3, 0.4) is 0 Å². The molecule has 0 spiro atoms. The third kappa shape index (κ3) is 234. The predicted molar refractivity (Wildman–Crippen MR) is 20.1 cm³/mol. The Hall–Kier alpha value is 1.05. The second-order valence-electron chi connectivity index (χ2n) is 0.408. The molecule has 0 aromatic heterocycles. The molecular formula is H2CaO6S-2. The first kappa shape index (κ1) is 23.0. The van der Waals surface area contributed by atoms with Gasteiger partial charge in [0.2, 0.25) is 0 Å². The summed E-state index contributed by atoms with van der Waals surface area (Å²) in [5.74, 6) is 0. The van der Waals surface area contributed by atoms with Crippen LogP contribution >= 0.6 is 0 Å². The van der Waals surface area contributed by atoms with E-state index in [0.717, 1.165) is 0 Å². The van der Waals surface area contributed by atoms with Crippen LogP contribution in [0.4, 0.5) is 0 Å². The van der Waals surface area contributed by atoms with E-state index < -0.39 is 10.4 Å². The molecule has 0 bridgehead atoms. The van der Waals surface area contributed by atoms with Crippen molar-refractivity contribution in [2.24, 2.45) is 0 Å². The van der Waals surface area contributed by atoms with Crippen LogP contribution in [0.25, 0.3) is 0 Å². The minimum atomic E-state index is -5.17. The van der Waals surface area contributed by atoms with Crippen LogP contribution in [0, 0.1) is 0 Å². The fourth-order valence-electron chi connectivity index (χ4n) is 0. The normalized spacial score (nSPS) is 7.25. The first-order valence-electron chi connectivity index (χ1n) is 0.667. The molecule has 0 aromatic rings. The summed E-state index contributed by atoms with van der Waals surface area (Å²) in [4.78, 5) is 0. The van der Waals surface area contributed by atoms with E-state index in [4.69, 9.17) is 17.5 Å². The van der Waals surface area contributed by atoms with Gasteiger partial charge in [-0.2, -0.15) is 0 Å². The Morgan fingerprint density at radius 2 is 1.00 bits per heavy atom. The van der Waals surface area contributed by atoms with Gasteiger partial charge in [0.1, 0.15) is 0 Å². The van der Waals surface area contributed by atoms with Crippen LogP contribution in [-0.2, 0) is 10.4 Å². The Morgan fingerprint density at radius 3 is 1.00 bits per heavy atom. The quantitative estimate of drug-likeness (QED) is 0.232. The zero-order chi connectivity index (χ0) is 4.50. The summed E-state index contributed by atoms with van der Waals surface area (Å²) in [5, 5.41) is 0. The molecule has 0 aliphatic heterocycles. The molecule has 0 aliphatic carbocycles. The van der Waals surface area contributed by atoms with Crippen LogP contribution in [0.5, 0.6) is 0 Å². The van der Waals surface area contributed by atoms with E-state index in [1.54, 1.807) is 0 Å². The third-order valence-electron chi connectivity index (χ3n) is 0. The molecule has 2 N–H and O–H groups in total. The molecule has 6 nitrogen and oxygen atoms in total. The molecule has 8 heavy (non-hydrogen) atoms. The number of hydrogen-bond acceptors (Lipinski definition) is 6. The average Bonchev–Trinajstić information content (AvgIpc) is 0.722. The van der Waals surface area contributed by atoms with E-state index in [-0.39, 0.29) is 48.7 Å². The van der Waals surface area contributed by atoms with Crippen molar-refractivity contribution >= 4 is 48.1 Å². The van der Waals surface area contributed by atoms with Gasteiger partial charge in [-0.25, -0.2) is 0 Å². The van der Waals surface area contributed by atoms with Crippen molar-refractivity contribution in [3.8, 4) is 0 Å². The van der Waals surface area contributed by atoms with Crippen molar-refractivity contribution in [1.82, 2.24) is 0 Å². The molecule has 0 amide bonds. The second-order valence-corrected chi connectivity index (χ2v) is 1.22. The number of hydrogen-bond donors (Lipinski definition) is 0. The molecule has 0 aromatic carbocycles. The van der Waals surface area contributed by atoms with Gasteiger partial charge in [0, 0.05) is 10.4 Å². The van der Waals surface area contributed by atoms with E-state index in [2.05, 4.69) is 0 Å². The van der Waals surface area contributed by atoms with Crippen molar-refractivity contribution in [2.45, 2.75) is 0 Å². The summed E-state index contributed by atoms with van der Waals surface area (Å²) in [7, 11) is -5.17. The zero-order valence-electron chi connectivity index (χ0n) is 3.64. The molecule has 0 saturated carbocycles. The molecular weight excluding hydrogens is 168 g/mol. The van der Waals surface area contributed by atoms with Gasteiger partial charge in [0.25, 0.3) is 0 Å². The minimum absolute atomic E-state index is 0. The summed E-state index contributed by atoms with van der Waals surface area (Å²) < 4.78 is 34.1. The topological polar surface area (TPSA) is 140 Å². The molecule has 0 atom stereocenters. The van der Waals surface area contributed by atoms with Gasteiger partial charge in [-0.3, -0.25) is 8.42 Å². The maximum atomic E-state index is 8.52. The van der Waals surface area contributed by atoms with Crippen molar-refractivity contribution in [1.29, 1.82) is 0 Å². The van der Waals surface area contributed by atoms with Gasteiger partial charge in [0.15, 0.2) is 0 Å². The predicted octanol–water partition coefficient (Wildman–Crippen LogP) is -2.07. The molecule has 0 unspecified atom stereocenters. The average molecular weight is 170 g/mol. The molecule has 0 saturated heterocycles. The zero-order valence-corrected chi connectivity index (χ0v) is 6.67. The van der Waals surface area contributed by atoms with E-state index in [1.165, 1.54) is 0 Å². The second kappa shape index (κ2) is 8.05. The Balaban J connectivity index is -0.0000000267. The maximum Gasteiger partial charge on any atom is 2.00 e. The first-order valence-corrected chi connectivity index (χ1v) is 2.00. The molecule has 8 heteroatoms. The minimum Gasteiger partial charge on any atom is -0.870 e. The van der Waals surface area contributed by atoms with E-state index in [0.29, 0.717) is 0 Å². The Kier molecular flexibility index (Phi) is 23.1. The summed E-state index contributed by atoms with van der Waals surface area (Å²) in [6, 6.07) is 0. The smallest absolute Gasteiger partial charge is 0.870 e. The fraction of sp³-hybridized carbons (Fsp3) is 0. The number of rotatable bonds is 0. The molecule has 0 heterocycles. The van der Waals surface area contributed by atoms with Crippen LogP contribution in [0.15, 0.2) is 0 Å². The SMILES string of the molecule is O=S(=O)([O-])[O-].[Ca+2].[OH-].[OH-]. The molecule has 0 radical (unpaired) electrons. The van der Waals surface area contributed by atoms with Crippen molar-refractivity contribution in [3.63, 3.8) is 0 Å². The standard InChI is InChI=1S/Ca.H2O4S.2H2O/c;1-5(2,3)4;;/h;(H2,1,2,3,4);2*1H2/q+2;;;/p-4. The van der Waals surface area contributed by atoms with E-state index >= 15 is 0 Å². The van der Waals surface area contributed by atoms with E-state index in [9.17, 15) is 0 Å². The first-order chi connectivity index (χ1) is 2.00. The largest absolute Gasteiger partial charge is 2.00 e. The van der Waals surface area contributed by atoms with Crippen LogP contribution < -0.4 is 0 Å². The summed E-state index contributed by atoms with van der Waals surface area (Å²) in [5.41, 5.74) is 0. The fourth-order valence-corrected chi connectivity index (χ4v) is 0. The Labute approximate surface area is 76.1 Å². The van der Waals surface area contributed by atoms with Gasteiger partial charge in [-0.1, -0.05) is 0 Å². The van der Waals surface area contributed by atoms with Gasteiger partial charge in [-0.15, -0.1) is 0 Å². The Morgan fingerprint density at radius 1 is 1.00 bits per heavy atom. The molecule has 0 aliphatic rings. The molecule has 48 valence electrons. The summed E-state index contributed by atoms with van der Waals surface area (Å²) >= 11 is 0. The molecule has 0 fully saturated rings. The summed E-state index contributed by atoms with van der Waals surface area (Å²) in [6.07, 6.45) is 0. The van der Waals surface area contributed by atoms with Crippen LogP contribution in [-0.4, -0.2) is 66.2 Å². The van der Waals surface area contributed by atoms with Crippen molar-refractivity contribution in [3.05, 3.63) is 0 Å². The molecule has 0 rings (SSSR count). The van der Waals surface area contributed by atoms with Crippen molar-refractivity contribution < 1.29 is 28.5 Å². The van der Waals surface area contributed by atoms with Gasteiger partial charge < -0.3 is 20.1 Å². The van der Waals surface area contributed by atoms with Crippen LogP contribution in [0.1, 0.15) is 0 Å². The van der Waals surface area contributed by atoms with E-state index in [1.807, 2.05) is 0 Å². The van der Waals surface area contributed by atoms with Crippen LogP contribution in [0.2, 0.25) is 0 Å². The van der Waals surface area contributed by atoms with Crippen molar-refractivity contribution in [2.75, 3.05) is 0 Å².